The first-order valence-corrected chi connectivity index (χ1v) is 6.77. The van der Waals surface area contributed by atoms with Crippen molar-refractivity contribution in [3.05, 3.63) is 16.3 Å². The Bertz CT molecular complexity index is 561. The van der Waals surface area contributed by atoms with Gasteiger partial charge in [-0.25, -0.2) is 24.4 Å². The Morgan fingerprint density at radius 3 is 2.68 bits per heavy atom. The highest BCUT2D eigenvalue weighted by Crippen LogP contribution is 2.21. The molecular weight excluding hydrogens is 278 g/mol. The van der Waals surface area contributed by atoms with Crippen molar-refractivity contribution >= 4 is 27.5 Å². The summed E-state index contributed by atoms with van der Waals surface area (Å²) in [5, 5.41) is 18.2. The Balaban J connectivity index is 2.72. The second-order valence-electron chi connectivity index (χ2n) is 3.48. The summed E-state index contributed by atoms with van der Waals surface area (Å²) in [6.45, 7) is 0.151. The fourth-order valence-electron chi connectivity index (χ4n) is 1.19. The van der Waals surface area contributed by atoms with Crippen LogP contribution in [0.4, 0.5) is 17.5 Å². The molecule has 0 saturated heterocycles. The van der Waals surface area contributed by atoms with E-state index >= 15 is 0 Å². The van der Waals surface area contributed by atoms with Crippen LogP contribution in [-0.2, 0) is 10.0 Å². The third-order valence-corrected chi connectivity index (χ3v) is 2.85. The molecule has 0 unspecified atom stereocenters. The maximum absolute atomic E-state index is 10.7. The largest absolute Gasteiger partial charge is 0.364 e. The molecule has 0 spiro atoms. The number of hydrogen-bond donors (Lipinski definition) is 4. The van der Waals surface area contributed by atoms with Crippen molar-refractivity contribution in [2.24, 2.45) is 11.0 Å². The number of hydrazine groups is 1. The van der Waals surface area contributed by atoms with Crippen molar-refractivity contribution in [2.75, 3.05) is 23.0 Å². The van der Waals surface area contributed by atoms with Crippen molar-refractivity contribution in [3.63, 3.8) is 0 Å². The number of nitro groups is 1. The van der Waals surface area contributed by atoms with Gasteiger partial charge in [-0.2, -0.15) is 4.98 Å². The Morgan fingerprint density at radius 2 is 2.16 bits per heavy atom. The number of nitrogen functional groups attached to an aromatic ring is 1. The molecule has 0 saturated carbocycles. The van der Waals surface area contributed by atoms with E-state index in [4.69, 9.17) is 11.0 Å². The number of rotatable bonds is 7. The van der Waals surface area contributed by atoms with E-state index in [0.717, 1.165) is 6.20 Å². The van der Waals surface area contributed by atoms with Gasteiger partial charge in [-0.05, 0) is 6.42 Å². The fourth-order valence-corrected chi connectivity index (χ4v) is 1.74. The van der Waals surface area contributed by atoms with Crippen LogP contribution in [0.3, 0.4) is 0 Å². The minimum absolute atomic E-state index is 0.000420. The third-order valence-electron chi connectivity index (χ3n) is 1.99. The van der Waals surface area contributed by atoms with Gasteiger partial charge >= 0.3 is 5.69 Å². The van der Waals surface area contributed by atoms with Crippen LogP contribution in [0.15, 0.2) is 6.20 Å². The molecule has 1 aromatic heterocycles. The predicted octanol–water partition coefficient (Wildman–Crippen LogP) is -1.24. The summed E-state index contributed by atoms with van der Waals surface area (Å²) in [6.07, 6.45) is 1.18. The van der Waals surface area contributed by atoms with Crippen molar-refractivity contribution in [3.8, 4) is 0 Å². The maximum atomic E-state index is 10.7. The molecule has 0 radical (unpaired) electrons. The van der Waals surface area contributed by atoms with E-state index < -0.39 is 14.9 Å². The lowest BCUT2D eigenvalue weighted by Gasteiger charge is -2.06. The first-order valence-electron chi connectivity index (χ1n) is 5.06. The van der Waals surface area contributed by atoms with Gasteiger partial charge in [0.15, 0.2) is 0 Å². The Labute approximate surface area is 108 Å². The van der Waals surface area contributed by atoms with Gasteiger partial charge in [0.2, 0.25) is 21.8 Å². The summed E-state index contributed by atoms with van der Waals surface area (Å²) < 4.78 is 21.4. The molecule has 1 rings (SSSR count). The number of nitrogens with one attached hydrogen (secondary N) is 2. The van der Waals surface area contributed by atoms with E-state index in [1.54, 1.807) is 0 Å². The molecule has 0 aliphatic carbocycles. The van der Waals surface area contributed by atoms with Crippen LogP contribution in [-0.4, -0.2) is 35.6 Å². The highest BCUT2D eigenvalue weighted by atomic mass is 32.2. The number of hydrogen-bond acceptors (Lipinski definition) is 9. The van der Waals surface area contributed by atoms with Crippen LogP contribution in [0.2, 0.25) is 0 Å². The minimum atomic E-state index is -3.56. The molecule has 0 bridgehead atoms. The standard InChI is InChI=1S/C7H13N7O4S/c8-13-7-11-4-5(14(15)16)6(12-7)10-2-1-3-19(9,17)18/h4H,1-3,8H2,(H2,9,17,18)(H2,10,11,12,13). The van der Waals surface area contributed by atoms with Gasteiger partial charge in [-0.15, -0.1) is 0 Å². The summed E-state index contributed by atoms with van der Waals surface area (Å²) in [4.78, 5) is 17.4. The number of nitrogens with two attached hydrogens (primary N) is 2. The monoisotopic (exact) mass is 291 g/mol. The molecule has 106 valence electrons. The molecule has 0 aliphatic rings. The van der Waals surface area contributed by atoms with Gasteiger partial charge in [0.05, 0.1) is 10.7 Å². The molecule has 0 aliphatic heterocycles. The molecule has 12 heteroatoms. The molecule has 11 nitrogen and oxygen atoms in total. The Hall–Kier alpha value is -2.05. The first kappa shape index (κ1) is 15.0. The highest BCUT2D eigenvalue weighted by Gasteiger charge is 2.16. The normalized spacial score (nSPS) is 11.1. The molecular formula is C7H13N7O4S. The first-order chi connectivity index (χ1) is 8.83. The fraction of sp³-hybridized carbons (Fsp3) is 0.429. The van der Waals surface area contributed by atoms with Gasteiger partial charge in [0.25, 0.3) is 0 Å². The van der Waals surface area contributed by atoms with Crippen LogP contribution < -0.4 is 21.7 Å². The van der Waals surface area contributed by atoms with E-state index in [1.165, 1.54) is 0 Å². The zero-order valence-corrected chi connectivity index (χ0v) is 10.6. The van der Waals surface area contributed by atoms with Crippen molar-refractivity contribution in [2.45, 2.75) is 6.42 Å². The summed E-state index contributed by atoms with van der Waals surface area (Å²) in [7, 11) is -3.56. The lowest BCUT2D eigenvalue weighted by atomic mass is 10.4. The van der Waals surface area contributed by atoms with Crippen LogP contribution in [0.25, 0.3) is 0 Å². The predicted molar refractivity (Wildman–Crippen MR) is 67.6 cm³/mol. The second kappa shape index (κ2) is 6.21. The number of nitrogens with zero attached hydrogens (tertiary/aromatic N) is 3. The smallest absolute Gasteiger partial charge is 0.329 e. The van der Waals surface area contributed by atoms with Crippen molar-refractivity contribution in [1.82, 2.24) is 9.97 Å². The number of sulfonamides is 1. The minimum Gasteiger partial charge on any atom is -0.364 e. The summed E-state index contributed by atoms with van der Waals surface area (Å²) in [5.41, 5.74) is 1.81. The van der Waals surface area contributed by atoms with Crippen LogP contribution in [0, 0.1) is 10.1 Å². The average molecular weight is 291 g/mol. The van der Waals surface area contributed by atoms with Gasteiger partial charge in [0.1, 0.15) is 6.20 Å². The van der Waals surface area contributed by atoms with Crippen molar-refractivity contribution in [1.29, 1.82) is 0 Å². The molecule has 1 heterocycles. The van der Waals surface area contributed by atoms with Crippen LogP contribution in [0.5, 0.6) is 0 Å². The lowest BCUT2D eigenvalue weighted by Crippen LogP contribution is -2.19. The zero-order valence-electron chi connectivity index (χ0n) is 9.74. The quantitative estimate of drug-likeness (QED) is 0.207. The molecule has 0 atom stereocenters. The summed E-state index contributed by atoms with van der Waals surface area (Å²) in [5.74, 6) is 4.80. The van der Waals surface area contributed by atoms with Gasteiger partial charge in [-0.3, -0.25) is 15.5 Å². The van der Waals surface area contributed by atoms with E-state index in [0.29, 0.717) is 0 Å². The van der Waals surface area contributed by atoms with E-state index in [1.807, 2.05) is 0 Å². The third kappa shape index (κ3) is 4.99. The molecule has 0 amide bonds. The maximum Gasteiger partial charge on any atom is 0.329 e. The zero-order chi connectivity index (χ0) is 14.5. The van der Waals surface area contributed by atoms with Crippen molar-refractivity contribution < 1.29 is 13.3 Å². The second-order valence-corrected chi connectivity index (χ2v) is 5.21. The molecule has 0 aromatic carbocycles. The topological polar surface area (TPSA) is 179 Å². The summed E-state index contributed by atoms with van der Waals surface area (Å²) in [6, 6.07) is 0. The van der Waals surface area contributed by atoms with E-state index in [2.05, 4.69) is 20.7 Å². The van der Waals surface area contributed by atoms with Gasteiger partial charge in [0, 0.05) is 6.54 Å². The number of anilines is 2. The molecule has 1 aromatic rings. The van der Waals surface area contributed by atoms with Gasteiger partial charge in [-0.1, -0.05) is 0 Å². The van der Waals surface area contributed by atoms with Crippen LogP contribution >= 0.6 is 0 Å². The number of primary sulfonamides is 1. The SMILES string of the molecule is NNc1ncc([N+](=O)[O-])c(NCCCS(N)(=O)=O)n1. The molecule has 19 heavy (non-hydrogen) atoms. The lowest BCUT2D eigenvalue weighted by molar-refractivity contribution is -0.384. The summed E-state index contributed by atoms with van der Waals surface area (Å²) >= 11 is 0. The number of aromatic nitrogens is 2. The average Bonchev–Trinajstić information content (AvgIpc) is 2.33. The van der Waals surface area contributed by atoms with Gasteiger partial charge < -0.3 is 5.32 Å². The van der Waals surface area contributed by atoms with Crippen LogP contribution in [0.1, 0.15) is 6.42 Å². The Morgan fingerprint density at radius 1 is 1.47 bits per heavy atom. The molecule has 0 fully saturated rings. The highest BCUT2D eigenvalue weighted by molar-refractivity contribution is 7.89. The molecule has 6 N–H and O–H groups in total. The van der Waals surface area contributed by atoms with E-state index in [-0.39, 0.29) is 36.2 Å². The van der Waals surface area contributed by atoms with E-state index in [9.17, 15) is 18.5 Å². The Kier molecular flexibility index (Phi) is 4.91.